The lowest BCUT2D eigenvalue weighted by Crippen LogP contribution is -2.60. The van der Waals surface area contributed by atoms with Gasteiger partial charge in [0.1, 0.15) is 5.69 Å². The molecule has 0 radical (unpaired) electrons. The lowest BCUT2D eigenvalue weighted by Gasteiger charge is -2.51. The van der Waals surface area contributed by atoms with E-state index in [0.717, 1.165) is 32.1 Å². The first-order valence-electron chi connectivity index (χ1n) is 13.1. The van der Waals surface area contributed by atoms with Crippen LogP contribution in [0.3, 0.4) is 0 Å². The third kappa shape index (κ3) is 5.78. The van der Waals surface area contributed by atoms with Crippen molar-refractivity contribution in [3.8, 4) is 0 Å². The lowest BCUT2D eigenvalue weighted by molar-refractivity contribution is -0.141. The summed E-state index contributed by atoms with van der Waals surface area (Å²) in [4.78, 5) is 47.5. The Hall–Kier alpha value is -2.44. The van der Waals surface area contributed by atoms with Gasteiger partial charge in [0.2, 0.25) is 11.8 Å². The Kier molecular flexibility index (Phi) is 7.89. The molecule has 2 bridgehead atoms. The first-order chi connectivity index (χ1) is 16.3. The smallest absolute Gasteiger partial charge is 0.272 e. The molecule has 1 aromatic rings. The third-order valence-corrected chi connectivity index (χ3v) is 8.01. The number of hydrogen-bond donors (Lipinski definition) is 1. The molecular weight excluding hydrogens is 428 g/mol. The number of aromatic nitrogens is 1. The summed E-state index contributed by atoms with van der Waals surface area (Å²) in [6, 6.07) is 5.69. The molecule has 3 fully saturated rings. The number of fused-ring (bicyclic) bond motifs is 4. The van der Waals surface area contributed by atoms with Crippen LogP contribution in [0.1, 0.15) is 76.2 Å². The fraction of sp³-hybridized carbons (Fsp3) is 0.704. The number of rotatable bonds is 2. The van der Waals surface area contributed by atoms with Crippen LogP contribution in [-0.4, -0.2) is 64.2 Å². The number of amides is 3. The average molecular weight is 469 g/mol. The fourth-order valence-electron chi connectivity index (χ4n) is 6.13. The molecular formula is C27H40N4O3. The van der Waals surface area contributed by atoms with Gasteiger partial charge in [-0.3, -0.25) is 19.4 Å². The summed E-state index contributed by atoms with van der Waals surface area (Å²) in [7, 11) is 0. The van der Waals surface area contributed by atoms with Gasteiger partial charge in [-0.1, -0.05) is 26.8 Å². The van der Waals surface area contributed by atoms with Crippen LogP contribution in [-0.2, 0) is 9.59 Å². The van der Waals surface area contributed by atoms with E-state index in [9.17, 15) is 14.4 Å². The van der Waals surface area contributed by atoms with Gasteiger partial charge in [-0.2, -0.15) is 0 Å². The van der Waals surface area contributed by atoms with Gasteiger partial charge in [0.25, 0.3) is 5.91 Å². The molecule has 0 saturated carbocycles. The number of pyridine rings is 1. The van der Waals surface area contributed by atoms with Crippen LogP contribution < -0.4 is 5.32 Å². The molecule has 3 aliphatic heterocycles. The third-order valence-electron chi connectivity index (χ3n) is 8.01. The number of hydrogen-bond acceptors (Lipinski definition) is 4. The van der Waals surface area contributed by atoms with E-state index in [1.807, 2.05) is 17.0 Å². The summed E-state index contributed by atoms with van der Waals surface area (Å²) in [6.45, 7) is 8.49. The molecule has 1 aromatic heterocycles. The van der Waals surface area contributed by atoms with Crippen molar-refractivity contribution in [2.45, 2.75) is 77.8 Å². The van der Waals surface area contributed by atoms with Gasteiger partial charge >= 0.3 is 0 Å². The Morgan fingerprint density at radius 1 is 1.12 bits per heavy atom. The van der Waals surface area contributed by atoms with Crippen molar-refractivity contribution >= 4 is 17.7 Å². The normalized spacial score (nSPS) is 31.1. The topological polar surface area (TPSA) is 82.6 Å². The molecule has 3 aliphatic rings. The van der Waals surface area contributed by atoms with Crippen molar-refractivity contribution in [3.05, 3.63) is 30.1 Å². The number of likely N-dealkylation sites (tertiary alicyclic amines) is 1. The Morgan fingerprint density at radius 3 is 2.68 bits per heavy atom. The maximum Gasteiger partial charge on any atom is 0.272 e. The molecule has 7 heteroatoms. The van der Waals surface area contributed by atoms with Gasteiger partial charge in [-0.15, -0.1) is 0 Å². The van der Waals surface area contributed by atoms with Crippen molar-refractivity contribution < 1.29 is 14.4 Å². The summed E-state index contributed by atoms with van der Waals surface area (Å²) in [5.74, 6) is 1.56. The predicted molar refractivity (Wildman–Crippen MR) is 131 cm³/mol. The van der Waals surface area contributed by atoms with E-state index in [-0.39, 0.29) is 41.6 Å². The zero-order valence-electron chi connectivity index (χ0n) is 20.9. The molecule has 7 nitrogen and oxygen atoms in total. The minimum absolute atomic E-state index is 0.0209. The van der Waals surface area contributed by atoms with Gasteiger partial charge in [0.15, 0.2) is 0 Å². The first-order valence-corrected chi connectivity index (χ1v) is 13.1. The van der Waals surface area contributed by atoms with Gasteiger partial charge < -0.3 is 15.1 Å². The highest BCUT2D eigenvalue weighted by Crippen LogP contribution is 2.37. The molecule has 0 aliphatic carbocycles. The van der Waals surface area contributed by atoms with E-state index in [2.05, 4.69) is 36.0 Å². The Bertz CT molecular complexity index is 874. The molecule has 186 valence electrons. The second-order valence-corrected chi connectivity index (χ2v) is 11.1. The monoisotopic (exact) mass is 468 g/mol. The van der Waals surface area contributed by atoms with Crippen molar-refractivity contribution in [1.82, 2.24) is 20.1 Å². The summed E-state index contributed by atoms with van der Waals surface area (Å²) >= 11 is 0. The van der Waals surface area contributed by atoms with Crippen molar-refractivity contribution in [3.63, 3.8) is 0 Å². The molecule has 3 saturated heterocycles. The number of carbonyl (C=O) groups is 3. The van der Waals surface area contributed by atoms with Gasteiger partial charge in [-0.05, 0) is 67.9 Å². The Balaban J connectivity index is 1.50. The zero-order chi connectivity index (χ0) is 24.2. The maximum atomic E-state index is 13.5. The van der Waals surface area contributed by atoms with E-state index in [4.69, 9.17) is 0 Å². The molecule has 4 heterocycles. The molecule has 34 heavy (non-hydrogen) atoms. The van der Waals surface area contributed by atoms with E-state index in [0.29, 0.717) is 50.0 Å². The summed E-state index contributed by atoms with van der Waals surface area (Å²) in [5, 5.41) is 3.24. The number of piperidine rings is 2. The van der Waals surface area contributed by atoms with Crippen LogP contribution in [0, 0.1) is 23.7 Å². The van der Waals surface area contributed by atoms with Crippen molar-refractivity contribution in [1.29, 1.82) is 0 Å². The van der Waals surface area contributed by atoms with Crippen LogP contribution in [0.4, 0.5) is 0 Å². The highest BCUT2D eigenvalue weighted by atomic mass is 16.2. The van der Waals surface area contributed by atoms with Gasteiger partial charge in [0.05, 0.1) is 0 Å². The SMILES string of the molecule is CC(C)[C@@H]1CC[C@@H](C)CC(=O)N2C[C@H]3C[C@H](CN(C(=O)c4ccccn4)C3)[C@@H]2CCCC(=O)N1. The summed E-state index contributed by atoms with van der Waals surface area (Å²) < 4.78 is 0. The largest absolute Gasteiger partial charge is 0.353 e. The molecule has 3 amide bonds. The van der Waals surface area contributed by atoms with Crippen molar-refractivity contribution in [2.24, 2.45) is 23.7 Å². The molecule has 0 unspecified atom stereocenters. The number of nitrogens with one attached hydrogen (secondary N) is 1. The van der Waals surface area contributed by atoms with Crippen molar-refractivity contribution in [2.75, 3.05) is 19.6 Å². The van der Waals surface area contributed by atoms with Gasteiger partial charge in [0, 0.05) is 50.8 Å². The van der Waals surface area contributed by atoms with E-state index in [1.165, 1.54) is 0 Å². The van der Waals surface area contributed by atoms with E-state index < -0.39 is 0 Å². The van der Waals surface area contributed by atoms with Crippen LogP contribution in [0.25, 0.3) is 0 Å². The quantitative estimate of drug-likeness (QED) is 0.720. The Labute approximate surface area is 203 Å². The molecule has 1 N–H and O–H groups in total. The summed E-state index contributed by atoms with van der Waals surface area (Å²) in [5.41, 5.74) is 0.482. The second kappa shape index (κ2) is 10.9. The van der Waals surface area contributed by atoms with Crippen LogP contribution in [0.5, 0.6) is 0 Å². The minimum Gasteiger partial charge on any atom is -0.353 e. The van der Waals surface area contributed by atoms with Crippen LogP contribution in [0.15, 0.2) is 24.4 Å². The summed E-state index contributed by atoms with van der Waals surface area (Å²) in [6.07, 6.45) is 7.17. The predicted octanol–water partition coefficient (Wildman–Crippen LogP) is 3.50. The molecule has 0 spiro atoms. The number of carbonyl (C=O) groups excluding carboxylic acids is 3. The highest BCUT2D eigenvalue weighted by molar-refractivity contribution is 5.92. The molecule has 5 atom stereocenters. The van der Waals surface area contributed by atoms with E-state index >= 15 is 0 Å². The standard InChI is InChI=1S/C27H40N4O3/c1-18(2)22-11-10-19(3)13-26(33)31-16-20-14-21(24(31)8-6-9-25(32)29-22)17-30(15-20)27(34)23-7-4-5-12-28-23/h4-5,7,12,18-22,24H,6,8-11,13-17H2,1-3H3,(H,29,32)/t19-,20+,21-,22+,24+/m1/s1. The first kappa shape index (κ1) is 24.7. The second-order valence-electron chi connectivity index (χ2n) is 11.1. The maximum absolute atomic E-state index is 13.5. The van der Waals surface area contributed by atoms with E-state index in [1.54, 1.807) is 12.3 Å². The highest BCUT2D eigenvalue weighted by Gasteiger charge is 2.43. The average Bonchev–Trinajstić information content (AvgIpc) is 2.82. The number of nitrogens with zero attached hydrogens (tertiary/aromatic N) is 3. The lowest BCUT2D eigenvalue weighted by atomic mass is 9.77. The van der Waals surface area contributed by atoms with Gasteiger partial charge in [-0.25, -0.2) is 0 Å². The fourth-order valence-corrected chi connectivity index (χ4v) is 6.13. The van der Waals surface area contributed by atoms with Crippen LogP contribution in [0.2, 0.25) is 0 Å². The minimum atomic E-state index is -0.0209. The molecule has 0 aromatic carbocycles. The zero-order valence-corrected chi connectivity index (χ0v) is 20.9. The van der Waals surface area contributed by atoms with Crippen LogP contribution >= 0.6 is 0 Å². The Morgan fingerprint density at radius 2 is 1.94 bits per heavy atom. The molecule has 4 rings (SSSR count).